The second kappa shape index (κ2) is 8.24. The summed E-state index contributed by atoms with van der Waals surface area (Å²) in [5, 5.41) is 0. The summed E-state index contributed by atoms with van der Waals surface area (Å²) in [5.74, 6) is 0.179. The first-order valence-corrected chi connectivity index (χ1v) is 10.2. The fraction of sp³-hybridized carbons (Fsp3) is 0.158. The Kier molecular flexibility index (Phi) is 5.98. The maximum Gasteiger partial charge on any atom is 0.247 e. The summed E-state index contributed by atoms with van der Waals surface area (Å²) in [6.45, 7) is -0.190. The molecule has 1 heterocycles. The molecule has 0 unspecified atom stereocenters. The van der Waals surface area contributed by atoms with Crippen molar-refractivity contribution in [1.29, 1.82) is 0 Å². The van der Waals surface area contributed by atoms with Crippen LogP contribution in [0.1, 0.15) is 11.3 Å². The lowest BCUT2D eigenvalue weighted by atomic mass is 10.2. The Labute approximate surface area is 165 Å². The van der Waals surface area contributed by atoms with E-state index in [0.717, 1.165) is 4.31 Å². The zero-order valence-corrected chi connectivity index (χ0v) is 16.8. The summed E-state index contributed by atoms with van der Waals surface area (Å²) >= 11 is 3.29. The maximum atomic E-state index is 14.2. The van der Waals surface area contributed by atoms with E-state index in [0.29, 0.717) is 10.2 Å². The third kappa shape index (κ3) is 4.40. The van der Waals surface area contributed by atoms with Crippen LogP contribution in [0.5, 0.6) is 5.75 Å². The Balaban J connectivity index is 2.06. The van der Waals surface area contributed by atoms with E-state index in [-0.39, 0.29) is 29.3 Å². The minimum absolute atomic E-state index is 0.0118. The van der Waals surface area contributed by atoms with E-state index < -0.39 is 15.8 Å². The zero-order valence-electron chi connectivity index (χ0n) is 14.4. The predicted molar refractivity (Wildman–Crippen MR) is 102 cm³/mol. The highest BCUT2D eigenvalue weighted by Gasteiger charge is 2.29. The Bertz CT molecular complexity index is 1020. The summed E-state index contributed by atoms with van der Waals surface area (Å²) in [4.78, 5) is -0.0118. The highest BCUT2D eigenvalue weighted by molar-refractivity contribution is 9.10. The van der Waals surface area contributed by atoms with Crippen LogP contribution in [0.2, 0.25) is 0 Å². The average molecular weight is 454 g/mol. The molecule has 0 saturated heterocycles. The van der Waals surface area contributed by atoms with Gasteiger partial charge < -0.3 is 9.15 Å². The molecule has 3 rings (SSSR count). The molecule has 27 heavy (non-hydrogen) atoms. The minimum atomic E-state index is -4.01. The van der Waals surface area contributed by atoms with Crippen molar-refractivity contribution < 1.29 is 22.0 Å². The average Bonchev–Trinajstić information content (AvgIpc) is 3.16. The second-order valence-corrected chi connectivity index (χ2v) is 8.56. The van der Waals surface area contributed by atoms with E-state index in [4.69, 9.17) is 9.15 Å². The number of methoxy groups -OCH3 is 1. The van der Waals surface area contributed by atoms with E-state index in [1.807, 2.05) is 0 Å². The standard InChI is InChI=1S/C19H17BrFNO4S/c1-25-18-9-8-15(20)11-19(18)27(23,24)22(13-16-6-4-10-26-16)12-14-5-2-3-7-17(14)21/h2-11H,12-13H2,1H3. The largest absolute Gasteiger partial charge is 0.495 e. The molecule has 0 aliphatic rings. The van der Waals surface area contributed by atoms with Crippen molar-refractivity contribution in [2.24, 2.45) is 0 Å². The van der Waals surface area contributed by atoms with E-state index in [9.17, 15) is 12.8 Å². The van der Waals surface area contributed by atoms with Gasteiger partial charge in [-0.25, -0.2) is 12.8 Å². The van der Waals surface area contributed by atoms with Crippen molar-refractivity contribution >= 4 is 26.0 Å². The highest BCUT2D eigenvalue weighted by atomic mass is 79.9. The van der Waals surface area contributed by atoms with Gasteiger partial charge in [0, 0.05) is 16.6 Å². The van der Waals surface area contributed by atoms with E-state index in [2.05, 4.69) is 15.9 Å². The molecule has 0 amide bonds. The van der Waals surface area contributed by atoms with Crippen LogP contribution in [0.15, 0.2) is 74.6 Å². The van der Waals surface area contributed by atoms with E-state index in [1.165, 1.54) is 25.5 Å². The number of hydrogen-bond acceptors (Lipinski definition) is 4. The van der Waals surface area contributed by atoms with Crippen LogP contribution in [-0.4, -0.2) is 19.8 Å². The Morgan fingerprint density at radius 3 is 2.56 bits per heavy atom. The highest BCUT2D eigenvalue weighted by Crippen LogP contribution is 2.31. The van der Waals surface area contributed by atoms with Crippen LogP contribution in [0.25, 0.3) is 0 Å². The summed E-state index contributed by atoms with van der Waals surface area (Å²) in [6, 6.07) is 14.1. The van der Waals surface area contributed by atoms with Crippen LogP contribution >= 0.6 is 15.9 Å². The number of sulfonamides is 1. The fourth-order valence-corrected chi connectivity index (χ4v) is 4.69. The van der Waals surface area contributed by atoms with Gasteiger partial charge in [0.25, 0.3) is 0 Å². The Morgan fingerprint density at radius 2 is 1.89 bits per heavy atom. The Hall–Kier alpha value is -2.16. The Morgan fingerprint density at radius 1 is 1.11 bits per heavy atom. The lowest BCUT2D eigenvalue weighted by molar-refractivity contribution is 0.349. The summed E-state index contributed by atoms with van der Waals surface area (Å²) < 4.78 is 53.2. The van der Waals surface area contributed by atoms with Gasteiger partial charge in [-0.2, -0.15) is 4.31 Å². The SMILES string of the molecule is COc1ccc(Br)cc1S(=O)(=O)N(Cc1ccco1)Cc1ccccc1F. The number of benzene rings is 2. The molecular weight excluding hydrogens is 437 g/mol. The molecule has 142 valence electrons. The van der Waals surface area contributed by atoms with Crippen LogP contribution in [-0.2, 0) is 23.1 Å². The number of nitrogens with zero attached hydrogens (tertiary/aromatic N) is 1. The number of halogens is 2. The number of rotatable bonds is 7. The van der Waals surface area contributed by atoms with Crippen molar-refractivity contribution in [3.05, 3.63) is 82.5 Å². The molecule has 0 N–H and O–H groups in total. The summed E-state index contributed by atoms with van der Waals surface area (Å²) in [7, 11) is -2.61. The van der Waals surface area contributed by atoms with Gasteiger partial charge in [0.2, 0.25) is 10.0 Å². The number of furan rings is 1. The molecule has 0 spiro atoms. The molecule has 0 fully saturated rings. The number of hydrogen-bond donors (Lipinski definition) is 0. The molecule has 0 bridgehead atoms. The lowest BCUT2D eigenvalue weighted by Gasteiger charge is -2.23. The molecule has 0 aliphatic heterocycles. The van der Waals surface area contributed by atoms with Crippen molar-refractivity contribution in [1.82, 2.24) is 4.31 Å². The van der Waals surface area contributed by atoms with Gasteiger partial charge in [0.05, 0.1) is 19.9 Å². The van der Waals surface area contributed by atoms with Gasteiger partial charge in [-0.15, -0.1) is 0 Å². The molecule has 8 heteroatoms. The van der Waals surface area contributed by atoms with E-state index in [1.54, 1.807) is 42.5 Å². The van der Waals surface area contributed by atoms with Gasteiger partial charge in [0.1, 0.15) is 22.2 Å². The normalized spacial score (nSPS) is 11.7. The molecule has 5 nitrogen and oxygen atoms in total. The monoisotopic (exact) mass is 453 g/mol. The third-order valence-corrected chi connectivity index (χ3v) is 6.27. The first-order chi connectivity index (χ1) is 12.9. The molecule has 0 atom stereocenters. The van der Waals surface area contributed by atoms with Crippen molar-refractivity contribution in [2.75, 3.05) is 7.11 Å². The zero-order chi connectivity index (χ0) is 19.4. The minimum Gasteiger partial charge on any atom is -0.495 e. The summed E-state index contributed by atoms with van der Waals surface area (Å²) in [5.41, 5.74) is 0.265. The van der Waals surface area contributed by atoms with Crippen molar-refractivity contribution in [3.8, 4) is 5.75 Å². The molecule has 0 aliphatic carbocycles. The van der Waals surface area contributed by atoms with E-state index >= 15 is 0 Å². The topological polar surface area (TPSA) is 59.8 Å². The first kappa shape index (κ1) is 19.6. The van der Waals surface area contributed by atoms with Crippen LogP contribution < -0.4 is 4.74 Å². The van der Waals surface area contributed by atoms with Gasteiger partial charge in [-0.3, -0.25) is 0 Å². The molecule has 0 saturated carbocycles. The molecule has 1 aromatic heterocycles. The smallest absolute Gasteiger partial charge is 0.247 e. The molecule has 0 radical (unpaired) electrons. The first-order valence-electron chi connectivity index (χ1n) is 8.01. The van der Waals surface area contributed by atoms with Crippen LogP contribution in [0.3, 0.4) is 0 Å². The summed E-state index contributed by atoms with van der Waals surface area (Å²) in [6.07, 6.45) is 1.46. The van der Waals surface area contributed by atoms with Crippen molar-refractivity contribution in [3.63, 3.8) is 0 Å². The quantitative estimate of drug-likeness (QED) is 0.525. The van der Waals surface area contributed by atoms with Gasteiger partial charge in [-0.05, 0) is 36.4 Å². The lowest BCUT2D eigenvalue weighted by Crippen LogP contribution is -2.30. The van der Waals surface area contributed by atoms with Crippen LogP contribution in [0, 0.1) is 5.82 Å². The molecule has 2 aromatic carbocycles. The van der Waals surface area contributed by atoms with Crippen LogP contribution in [0.4, 0.5) is 4.39 Å². The molecular formula is C19H17BrFNO4S. The second-order valence-electron chi connectivity index (χ2n) is 5.74. The van der Waals surface area contributed by atoms with Gasteiger partial charge in [-0.1, -0.05) is 34.1 Å². The maximum absolute atomic E-state index is 14.2. The third-order valence-electron chi connectivity index (χ3n) is 3.96. The predicted octanol–water partition coefficient (Wildman–Crippen LogP) is 4.58. The van der Waals surface area contributed by atoms with Gasteiger partial charge in [0.15, 0.2) is 0 Å². The fourth-order valence-electron chi connectivity index (χ4n) is 2.61. The molecule has 3 aromatic rings. The van der Waals surface area contributed by atoms with Gasteiger partial charge >= 0.3 is 0 Å². The number of ether oxygens (including phenoxy) is 1. The van der Waals surface area contributed by atoms with Crippen molar-refractivity contribution in [2.45, 2.75) is 18.0 Å².